The van der Waals surface area contributed by atoms with E-state index in [9.17, 15) is 4.79 Å². The van der Waals surface area contributed by atoms with E-state index >= 15 is 0 Å². The highest BCUT2D eigenvalue weighted by Gasteiger charge is 2.19. The van der Waals surface area contributed by atoms with E-state index in [0.717, 1.165) is 53.4 Å². The van der Waals surface area contributed by atoms with Gasteiger partial charge >= 0.3 is 0 Å². The number of nitrogens with one attached hydrogen (secondary N) is 1. The van der Waals surface area contributed by atoms with Crippen LogP contribution in [0.5, 0.6) is 0 Å². The Balaban J connectivity index is 1.74. The highest BCUT2D eigenvalue weighted by molar-refractivity contribution is 9.10. The van der Waals surface area contributed by atoms with Gasteiger partial charge in [0.1, 0.15) is 17.8 Å². The number of anilines is 2. The second-order valence-corrected chi connectivity index (χ2v) is 7.22. The van der Waals surface area contributed by atoms with Crippen molar-refractivity contribution in [1.29, 1.82) is 0 Å². The van der Waals surface area contributed by atoms with Crippen molar-refractivity contribution in [1.82, 2.24) is 9.97 Å². The predicted octanol–water partition coefficient (Wildman–Crippen LogP) is 4.04. The van der Waals surface area contributed by atoms with E-state index in [0.29, 0.717) is 5.69 Å². The third-order valence-electron chi connectivity index (χ3n) is 4.37. The summed E-state index contributed by atoms with van der Waals surface area (Å²) in [5.41, 5.74) is 2.24. The largest absolute Gasteiger partial charge is 0.356 e. The first-order valence-corrected chi connectivity index (χ1v) is 8.97. The molecule has 5 nitrogen and oxygen atoms in total. The molecular weight excluding hydrogens is 368 g/mol. The van der Waals surface area contributed by atoms with Crippen LogP contribution in [0, 0.1) is 12.8 Å². The van der Waals surface area contributed by atoms with Crippen LogP contribution in [0.2, 0.25) is 0 Å². The molecule has 1 fully saturated rings. The van der Waals surface area contributed by atoms with Crippen LogP contribution in [0.15, 0.2) is 35.1 Å². The molecule has 1 aliphatic heterocycles. The maximum absolute atomic E-state index is 12.5. The van der Waals surface area contributed by atoms with Gasteiger partial charge in [-0.1, -0.05) is 13.0 Å². The Bertz CT molecular complexity index is 742. The molecule has 126 valence electrons. The van der Waals surface area contributed by atoms with Crippen molar-refractivity contribution in [2.75, 3.05) is 23.3 Å². The molecule has 6 heteroatoms. The van der Waals surface area contributed by atoms with E-state index < -0.39 is 0 Å². The number of halogens is 1. The van der Waals surface area contributed by atoms with Gasteiger partial charge in [-0.2, -0.15) is 0 Å². The van der Waals surface area contributed by atoms with Crippen LogP contribution in [0.1, 0.15) is 35.8 Å². The summed E-state index contributed by atoms with van der Waals surface area (Å²) in [7, 11) is 0. The van der Waals surface area contributed by atoms with Crippen LogP contribution < -0.4 is 10.2 Å². The number of carbonyl (C=O) groups excluding carboxylic acids is 1. The number of hydrogen-bond donors (Lipinski definition) is 1. The quantitative estimate of drug-likeness (QED) is 0.861. The lowest BCUT2D eigenvalue weighted by atomic mass is 9.99. The summed E-state index contributed by atoms with van der Waals surface area (Å²) in [4.78, 5) is 23.2. The molecule has 0 spiro atoms. The number of nitrogens with zero attached hydrogens (tertiary/aromatic N) is 3. The predicted molar refractivity (Wildman–Crippen MR) is 99.5 cm³/mol. The van der Waals surface area contributed by atoms with Crippen molar-refractivity contribution in [3.63, 3.8) is 0 Å². The van der Waals surface area contributed by atoms with Crippen molar-refractivity contribution < 1.29 is 4.79 Å². The maximum Gasteiger partial charge on any atom is 0.274 e. The molecular formula is C18H21BrN4O. The number of rotatable bonds is 3. The van der Waals surface area contributed by atoms with Crippen LogP contribution in [-0.2, 0) is 0 Å². The lowest BCUT2D eigenvalue weighted by Crippen LogP contribution is -2.33. The van der Waals surface area contributed by atoms with Gasteiger partial charge in [0.15, 0.2) is 0 Å². The molecule has 0 atom stereocenters. The minimum atomic E-state index is -0.228. The Morgan fingerprint density at radius 1 is 1.25 bits per heavy atom. The van der Waals surface area contributed by atoms with Gasteiger partial charge in [0.05, 0.1) is 5.69 Å². The lowest BCUT2D eigenvalue weighted by Gasteiger charge is -2.31. The summed E-state index contributed by atoms with van der Waals surface area (Å²) >= 11 is 3.48. The summed E-state index contributed by atoms with van der Waals surface area (Å²) in [6.45, 7) is 6.23. The summed E-state index contributed by atoms with van der Waals surface area (Å²) in [6.07, 6.45) is 3.77. The SMILES string of the molecule is Cc1ccc(NC(=O)c2cc(N3CCC(C)CC3)ncn2)c(Br)c1. The molecule has 2 heterocycles. The van der Waals surface area contributed by atoms with E-state index in [1.54, 1.807) is 6.07 Å². The monoisotopic (exact) mass is 388 g/mol. The molecule has 24 heavy (non-hydrogen) atoms. The smallest absolute Gasteiger partial charge is 0.274 e. The number of aryl methyl sites for hydroxylation is 1. The molecule has 0 aliphatic carbocycles. The van der Waals surface area contributed by atoms with E-state index in [4.69, 9.17) is 0 Å². The molecule has 1 N–H and O–H groups in total. The van der Waals surface area contributed by atoms with E-state index in [1.807, 2.05) is 25.1 Å². The standard InChI is InChI=1S/C18H21BrN4O/c1-12-5-7-23(8-6-12)17-10-16(20-11-21-17)18(24)22-15-4-3-13(2)9-14(15)19/h3-4,9-12H,5-8H2,1-2H3,(H,22,24). The Labute approximate surface area is 150 Å². The Kier molecular flexibility index (Phi) is 5.14. The van der Waals surface area contributed by atoms with Gasteiger partial charge in [-0.05, 0) is 59.3 Å². The van der Waals surface area contributed by atoms with Crippen molar-refractivity contribution in [2.24, 2.45) is 5.92 Å². The number of amides is 1. The molecule has 1 amide bonds. The highest BCUT2D eigenvalue weighted by Crippen LogP contribution is 2.25. The third-order valence-corrected chi connectivity index (χ3v) is 5.02. The fraction of sp³-hybridized carbons (Fsp3) is 0.389. The number of piperidine rings is 1. The number of carbonyl (C=O) groups is 1. The first-order chi connectivity index (χ1) is 11.5. The summed E-state index contributed by atoms with van der Waals surface area (Å²) in [6, 6.07) is 7.58. The first-order valence-electron chi connectivity index (χ1n) is 8.17. The molecule has 1 aromatic heterocycles. The van der Waals surface area contributed by atoms with E-state index in [2.05, 4.69) is 43.0 Å². The van der Waals surface area contributed by atoms with E-state index in [1.165, 1.54) is 6.33 Å². The van der Waals surface area contributed by atoms with Gasteiger partial charge in [0.2, 0.25) is 0 Å². The fourth-order valence-electron chi connectivity index (χ4n) is 2.79. The first kappa shape index (κ1) is 16.9. The molecule has 0 radical (unpaired) electrons. The normalized spacial score (nSPS) is 15.4. The van der Waals surface area contributed by atoms with Crippen molar-refractivity contribution in [3.05, 3.63) is 46.3 Å². The van der Waals surface area contributed by atoms with Crippen LogP contribution in [0.25, 0.3) is 0 Å². The zero-order chi connectivity index (χ0) is 17.1. The molecule has 0 unspecified atom stereocenters. The maximum atomic E-state index is 12.5. The van der Waals surface area contributed by atoms with Gasteiger partial charge in [-0.3, -0.25) is 4.79 Å². The number of benzene rings is 1. The molecule has 3 rings (SSSR count). The summed E-state index contributed by atoms with van der Waals surface area (Å²) < 4.78 is 0.857. The zero-order valence-electron chi connectivity index (χ0n) is 13.9. The molecule has 0 bridgehead atoms. The van der Waals surface area contributed by atoms with Crippen molar-refractivity contribution in [2.45, 2.75) is 26.7 Å². The Hall–Kier alpha value is -1.95. The van der Waals surface area contributed by atoms with Crippen LogP contribution in [0.3, 0.4) is 0 Å². The van der Waals surface area contributed by atoms with Crippen LogP contribution in [0.4, 0.5) is 11.5 Å². The Morgan fingerprint density at radius 3 is 2.71 bits per heavy atom. The molecule has 2 aromatic rings. The molecule has 0 saturated carbocycles. The van der Waals surface area contributed by atoms with Crippen LogP contribution >= 0.6 is 15.9 Å². The zero-order valence-corrected chi connectivity index (χ0v) is 15.5. The minimum Gasteiger partial charge on any atom is -0.356 e. The molecule has 1 aromatic carbocycles. The van der Waals surface area contributed by atoms with Gasteiger partial charge < -0.3 is 10.2 Å². The summed E-state index contributed by atoms with van der Waals surface area (Å²) in [5, 5.41) is 2.90. The summed E-state index contributed by atoms with van der Waals surface area (Å²) in [5.74, 6) is 1.35. The second-order valence-electron chi connectivity index (χ2n) is 6.37. The molecule has 1 saturated heterocycles. The average Bonchev–Trinajstić information content (AvgIpc) is 2.58. The second kappa shape index (κ2) is 7.30. The third kappa shape index (κ3) is 3.93. The van der Waals surface area contributed by atoms with Gasteiger partial charge in [-0.15, -0.1) is 0 Å². The molecule has 1 aliphatic rings. The van der Waals surface area contributed by atoms with E-state index in [-0.39, 0.29) is 5.91 Å². The minimum absolute atomic E-state index is 0.228. The van der Waals surface area contributed by atoms with Gasteiger partial charge in [0.25, 0.3) is 5.91 Å². The fourth-order valence-corrected chi connectivity index (χ4v) is 3.38. The topological polar surface area (TPSA) is 58.1 Å². The lowest BCUT2D eigenvalue weighted by molar-refractivity contribution is 0.102. The Morgan fingerprint density at radius 2 is 2.00 bits per heavy atom. The van der Waals surface area contributed by atoms with Crippen LogP contribution in [-0.4, -0.2) is 29.0 Å². The number of hydrogen-bond acceptors (Lipinski definition) is 4. The number of aromatic nitrogens is 2. The van der Waals surface area contributed by atoms with Gasteiger partial charge in [0, 0.05) is 23.6 Å². The van der Waals surface area contributed by atoms with Gasteiger partial charge in [-0.25, -0.2) is 9.97 Å². The average molecular weight is 389 g/mol. The van der Waals surface area contributed by atoms with Crippen molar-refractivity contribution >= 4 is 33.3 Å². The van der Waals surface area contributed by atoms with Crippen molar-refractivity contribution in [3.8, 4) is 0 Å². The highest BCUT2D eigenvalue weighted by atomic mass is 79.9.